The minimum absolute atomic E-state index is 0.0987. The van der Waals surface area contributed by atoms with Crippen LogP contribution in [0.15, 0.2) is 87.6 Å². The van der Waals surface area contributed by atoms with Crippen molar-refractivity contribution < 1.29 is 9.53 Å². The fourth-order valence-corrected chi connectivity index (χ4v) is 5.16. The molecule has 156 valence electrons. The number of allylic oxidation sites excluding steroid dienone is 2. The van der Waals surface area contributed by atoms with Gasteiger partial charge in [0, 0.05) is 4.88 Å². The molecule has 7 heteroatoms. The van der Waals surface area contributed by atoms with Crippen LogP contribution < -0.4 is 14.9 Å². The van der Waals surface area contributed by atoms with Gasteiger partial charge in [-0.15, -0.1) is 11.3 Å². The molecular formula is C24H20N2O3S2. The Hall–Kier alpha value is -3.29. The van der Waals surface area contributed by atoms with Gasteiger partial charge in [0.1, 0.15) is 12.6 Å². The second-order valence-electron chi connectivity index (χ2n) is 6.78. The number of hydrogen-bond acceptors (Lipinski definition) is 6. The van der Waals surface area contributed by atoms with E-state index in [0.717, 1.165) is 10.4 Å². The first-order chi connectivity index (χ1) is 15.1. The fourth-order valence-electron chi connectivity index (χ4n) is 3.34. The zero-order valence-corrected chi connectivity index (χ0v) is 18.5. The summed E-state index contributed by atoms with van der Waals surface area (Å²) >= 11 is 2.80. The number of hydrogen-bond donors (Lipinski definition) is 0. The molecule has 5 nitrogen and oxygen atoms in total. The summed E-state index contributed by atoms with van der Waals surface area (Å²) in [6.45, 7) is 5.46. The first-order valence-electron chi connectivity index (χ1n) is 9.66. The van der Waals surface area contributed by atoms with Crippen molar-refractivity contribution in [3.05, 3.63) is 108 Å². The Morgan fingerprint density at radius 2 is 2.06 bits per heavy atom. The predicted octanol–water partition coefficient (Wildman–Crippen LogP) is 3.69. The topological polar surface area (TPSA) is 60.7 Å². The molecule has 1 aromatic carbocycles. The molecule has 4 rings (SSSR count). The summed E-state index contributed by atoms with van der Waals surface area (Å²) in [7, 11) is 0. The Kier molecular flexibility index (Phi) is 6.25. The smallest absolute Gasteiger partial charge is 0.338 e. The van der Waals surface area contributed by atoms with E-state index in [9.17, 15) is 9.59 Å². The number of carbonyl (C=O) groups is 1. The van der Waals surface area contributed by atoms with Gasteiger partial charge in [-0.3, -0.25) is 9.36 Å². The summed E-state index contributed by atoms with van der Waals surface area (Å²) in [5.41, 5.74) is 1.80. The number of fused-ring (bicyclic) bond motifs is 1. The number of thiazole rings is 1. The number of esters is 1. The van der Waals surface area contributed by atoms with Crippen LogP contribution in [0.4, 0.5) is 0 Å². The lowest BCUT2D eigenvalue weighted by molar-refractivity contribution is -0.138. The third-order valence-corrected chi connectivity index (χ3v) is 6.65. The zero-order chi connectivity index (χ0) is 21.8. The van der Waals surface area contributed by atoms with Crippen molar-refractivity contribution in [1.82, 2.24) is 4.57 Å². The predicted molar refractivity (Wildman–Crippen MR) is 126 cm³/mol. The van der Waals surface area contributed by atoms with Crippen molar-refractivity contribution in [2.24, 2.45) is 4.99 Å². The van der Waals surface area contributed by atoms with E-state index in [4.69, 9.17) is 4.74 Å². The van der Waals surface area contributed by atoms with Crippen LogP contribution in [-0.4, -0.2) is 17.1 Å². The third-order valence-electron chi connectivity index (χ3n) is 4.72. The van der Waals surface area contributed by atoms with Crippen LogP contribution in [-0.2, 0) is 9.53 Å². The van der Waals surface area contributed by atoms with Gasteiger partial charge in [-0.25, -0.2) is 9.79 Å². The van der Waals surface area contributed by atoms with Crippen LogP contribution in [0.25, 0.3) is 12.2 Å². The first-order valence-corrected chi connectivity index (χ1v) is 11.4. The highest BCUT2D eigenvalue weighted by molar-refractivity contribution is 7.10. The van der Waals surface area contributed by atoms with Gasteiger partial charge in [0.25, 0.3) is 5.56 Å². The van der Waals surface area contributed by atoms with Crippen molar-refractivity contribution in [2.75, 3.05) is 6.61 Å². The normalized spacial score (nSPS) is 16.3. The number of ether oxygens (including phenoxy) is 1. The largest absolute Gasteiger partial charge is 0.458 e. The van der Waals surface area contributed by atoms with E-state index in [2.05, 4.69) is 11.6 Å². The van der Waals surface area contributed by atoms with Crippen LogP contribution in [0.2, 0.25) is 0 Å². The average molecular weight is 449 g/mol. The molecule has 1 aliphatic heterocycles. The van der Waals surface area contributed by atoms with Crippen molar-refractivity contribution in [1.29, 1.82) is 0 Å². The minimum atomic E-state index is -0.561. The SMILES string of the molecule is C=CCOC(=O)C1=C(C)N=c2sc(=CC=Cc3ccccc3)c(=O)n2C1c1cccs1. The fraction of sp³-hybridized carbons (Fsp3) is 0.125. The van der Waals surface area contributed by atoms with Crippen LogP contribution >= 0.6 is 22.7 Å². The van der Waals surface area contributed by atoms with E-state index in [0.29, 0.717) is 20.6 Å². The second-order valence-corrected chi connectivity index (χ2v) is 8.76. The summed E-state index contributed by atoms with van der Waals surface area (Å²) in [6, 6.07) is 13.1. The molecule has 0 saturated heterocycles. The van der Waals surface area contributed by atoms with E-state index >= 15 is 0 Å². The van der Waals surface area contributed by atoms with Gasteiger partial charge in [-0.2, -0.15) is 0 Å². The maximum Gasteiger partial charge on any atom is 0.338 e. The summed E-state index contributed by atoms with van der Waals surface area (Å²) in [5.74, 6) is -0.488. The molecule has 0 aliphatic carbocycles. The Morgan fingerprint density at radius 1 is 1.26 bits per heavy atom. The Bertz CT molecular complexity index is 1340. The van der Waals surface area contributed by atoms with Crippen molar-refractivity contribution in [2.45, 2.75) is 13.0 Å². The van der Waals surface area contributed by atoms with Gasteiger partial charge in [0.2, 0.25) is 0 Å². The molecule has 1 atom stereocenters. The quantitative estimate of drug-likeness (QED) is 0.427. The van der Waals surface area contributed by atoms with Gasteiger partial charge >= 0.3 is 5.97 Å². The molecule has 2 aromatic heterocycles. The summed E-state index contributed by atoms with van der Waals surface area (Å²) in [5, 5.41) is 1.93. The van der Waals surface area contributed by atoms with Crippen LogP contribution in [0.5, 0.6) is 0 Å². The second kappa shape index (κ2) is 9.24. The number of carbonyl (C=O) groups excluding carboxylic acids is 1. The van der Waals surface area contributed by atoms with Gasteiger partial charge < -0.3 is 4.74 Å². The molecule has 0 saturated carbocycles. The van der Waals surface area contributed by atoms with E-state index in [1.54, 1.807) is 17.6 Å². The van der Waals surface area contributed by atoms with E-state index < -0.39 is 12.0 Å². The Balaban J connectivity index is 1.81. The van der Waals surface area contributed by atoms with E-state index in [1.807, 2.05) is 60.0 Å². The molecule has 1 unspecified atom stereocenters. The van der Waals surface area contributed by atoms with Gasteiger partial charge in [0.15, 0.2) is 4.80 Å². The highest BCUT2D eigenvalue weighted by atomic mass is 32.1. The molecular weight excluding hydrogens is 428 g/mol. The summed E-state index contributed by atoms with van der Waals surface area (Å²) < 4.78 is 7.45. The maximum atomic E-state index is 13.3. The van der Waals surface area contributed by atoms with Gasteiger partial charge in [-0.05, 0) is 30.0 Å². The summed E-state index contributed by atoms with van der Waals surface area (Å²) in [4.78, 5) is 32.1. The van der Waals surface area contributed by atoms with Crippen LogP contribution in [0.3, 0.4) is 0 Å². The molecule has 0 fully saturated rings. The summed E-state index contributed by atoms with van der Waals surface area (Å²) in [6.07, 6.45) is 7.10. The minimum Gasteiger partial charge on any atom is -0.458 e. The average Bonchev–Trinajstić information content (AvgIpc) is 3.41. The van der Waals surface area contributed by atoms with E-state index in [1.165, 1.54) is 28.7 Å². The standard InChI is InChI=1S/C24H20N2O3S2/c1-3-14-29-23(28)20-16(2)25-24-26(21(20)18-13-8-15-30-18)22(27)19(31-24)12-7-11-17-9-5-4-6-10-17/h3-13,15,21H,1,14H2,2H3. The molecule has 0 radical (unpaired) electrons. The number of nitrogens with zero attached hydrogens (tertiary/aromatic N) is 2. The van der Waals surface area contributed by atoms with E-state index in [-0.39, 0.29) is 12.2 Å². The van der Waals surface area contributed by atoms with Gasteiger partial charge in [-0.1, -0.05) is 72.5 Å². The molecule has 0 bridgehead atoms. The molecule has 0 N–H and O–H groups in total. The third kappa shape index (κ3) is 4.28. The van der Waals surface area contributed by atoms with Crippen LogP contribution in [0, 0.1) is 0 Å². The highest BCUT2D eigenvalue weighted by Gasteiger charge is 2.33. The maximum absolute atomic E-state index is 13.3. The number of aromatic nitrogens is 1. The lowest BCUT2D eigenvalue weighted by atomic mass is 10.0. The van der Waals surface area contributed by atoms with Gasteiger partial charge in [0.05, 0.1) is 15.8 Å². The molecule has 0 amide bonds. The molecule has 31 heavy (non-hydrogen) atoms. The molecule has 3 heterocycles. The number of benzene rings is 1. The number of rotatable bonds is 6. The van der Waals surface area contributed by atoms with Crippen molar-refractivity contribution >= 4 is 40.8 Å². The highest BCUT2D eigenvalue weighted by Crippen LogP contribution is 2.33. The first kappa shape index (κ1) is 21.0. The van der Waals surface area contributed by atoms with Crippen LogP contribution in [0.1, 0.15) is 23.4 Å². The Morgan fingerprint density at radius 3 is 2.77 bits per heavy atom. The monoisotopic (exact) mass is 448 g/mol. The Labute approximate surface area is 187 Å². The molecule has 3 aromatic rings. The van der Waals surface area contributed by atoms with Crippen molar-refractivity contribution in [3.63, 3.8) is 0 Å². The number of thiophene rings is 1. The zero-order valence-electron chi connectivity index (χ0n) is 16.9. The molecule has 0 spiro atoms. The lowest BCUT2D eigenvalue weighted by Gasteiger charge is -2.23. The van der Waals surface area contributed by atoms with Crippen molar-refractivity contribution in [3.8, 4) is 0 Å². The molecule has 1 aliphatic rings. The lowest BCUT2D eigenvalue weighted by Crippen LogP contribution is -2.39.